The molecule has 2 aromatic heterocycles. The van der Waals surface area contributed by atoms with E-state index < -0.39 is 110 Å². The molecule has 22 nitrogen and oxygen atoms in total. The summed E-state index contributed by atoms with van der Waals surface area (Å²) in [5, 5.41) is 2.83. The molecular weight excluding hydrogens is 1060 g/mol. The molecule has 1 saturated heterocycles. The van der Waals surface area contributed by atoms with E-state index in [1.807, 2.05) is 47.0 Å². The smallest absolute Gasteiger partial charge is 0.459 e. The average molecular weight is 1140 g/mol. The van der Waals surface area contributed by atoms with Crippen LogP contribution in [-0.4, -0.2) is 99.6 Å². The minimum absolute atomic E-state index is 0.0113. The Labute approximate surface area is 446 Å². The second-order valence-electron chi connectivity index (χ2n) is 22.7. The maximum Gasteiger partial charge on any atom is 0.459 e. The summed E-state index contributed by atoms with van der Waals surface area (Å²) < 4.78 is 93.9. The van der Waals surface area contributed by atoms with E-state index in [1.165, 1.54) is 35.6 Å². The Morgan fingerprint density at radius 1 is 0.829 bits per heavy atom. The van der Waals surface area contributed by atoms with Crippen molar-refractivity contribution in [1.29, 1.82) is 0 Å². The van der Waals surface area contributed by atoms with E-state index in [2.05, 4.69) is 25.9 Å². The van der Waals surface area contributed by atoms with E-state index in [4.69, 9.17) is 42.0 Å². The molecule has 1 spiro atoms. The summed E-state index contributed by atoms with van der Waals surface area (Å²) in [6.45, 7) is 24.6. The third kappa shape index (κ3) is 13.1. The van der Waals surface area contributed by atoms with Gasteiger partial charge < -0.3 is 33.3 Å². The van der Waals surface area contributed by atoms with Crippen LogP contribution in [0.2, 0.25) is 36.3 Å². The number of carbonyl (C=O) groups is 1. The zero-order chi connectivity index (χ0) is 56.6. The number of nitrogens with two attached hydrogens (primary N) is 1. The highest BCUT2D eigenvalue weighted by molar-refractivity contribution is 7.90. The van der Waals surface area contributed by atoms with Crippen molar-refractivity contribution in [3.63, 3.8) is 0 Å². The summed E-state index contributed by atoms with van der Waals surface area (Å²) >= 11 is 0. The van der Waals surface area contributed by atoms with E-state index in [0.717, 1.165) is 14.5 Å². The molecule has 76 heavy (non-hydrogen) atoms. The number of benzene rings is 1. The number of unbranched alkanes of at least 4 members (excludes halogenated alkanes) is 3. The van der Waals surface area contributed by atoms with Gasteiger partial charge in [-0.05, 0) is 88.1 Å². The Hall–Kier alpha value is -4.54. The molecule has 3 N–H and O–H groups in total. The highest BCUT2D eigenvalue weighted by Gasteiger charge is 2.67. The number of nitrogens with one attached hydrogen (secondary N) is 1. The van der Waals surface area contributed by atoms with E-state index in [-0.39, 0.29) is 53.9 Å². The second-order valence-corrected chi connectivity index (χ2v) is 35.3. The van der Waals surface area contributed by atoms with Gasteiger partial charge in [0.2, 0.25) is 0 Å². The first kappa shape index (κ1) is 60.7. The summed E-state index contributed by atoms with van der Waals surface area (Å²) in [5.41, 5.74) is 2.80. The number of methoxy groups -OCH3 is 1. The highest BCUT2D eigenvalue weighted by Crippen LogP contribution is 2.52. The number of aromatic nitrogens is 4. The van der Waals surface area contributed by atoms with Crippen molar-refractivity contribution < 1.29 is 54.1 Å². The summed E-state index contributed by atoms with van der Waals surface area (Å²) in [6, 6.07) is 7.20. The van der Waals surface area contributed by atoms with Gasteiger partial charge in [0.25, 0.3) is 21.2 Å². The van der Waals surface area contributed by atoms with Crippen molar-refractivity contribution >= 4 is 40.5 Å². The lowest BCUT2D eigenvalue weighted by Crippen LogP contribution is -2.59. The molecule has 422 valence electrons. The first-order valence-electron chi connectivity index (χ1n) is 25.4. The van der Waals surface area contributed by atoms with E-state index in [0.29, 0.717) is 25.7 Å². The van der Waals surface area contributed by atoms with Crippen molar-refractivity contribution in [2.75, 3.05) is 20.3 Å². The average Bonchev–Trinajstić information content (AvgIpc) is 3.99. The number of hydrogen-bond acceptors (Lipinski definition) is 17. The molecule has 1 aromatic carbocycles. The van der Waals surface area contributed by atoms with Crippen LogP contribution in [0.1, 0.15) is 97.7 Å². The standard InChI is InChI=1S/C50H77N6O16PSSi2/c1-33-28-55(40-25-24-37(68-40)30-66-73(62,52-35(3)45(59)65-10)70-36-22-18-17-19-23-36)46(60)53(42(33)57)26-20-15-16-21-27-54-43(58)34(2)29-56(47(54)61)44-41(71-76(13,14)49(7,8)9)50(38(51)32-74(63,64)72-50)39(69-44)31-67-75(11,12)48(4,5)6/h17-19,22-25,28-29,32,35,37,39-41,44H,15-16,20-21,26-27,30-31,51H2,1-14H3,(H,52,62)/t35?,37-,39+,40+,41-,44+,50+,73?/m0/s1. The van der Waals surface area contributed by atoms with Gasteiger partial charge in [0.05, 0.1) is 31.4 Å². The van der Waals surface area contributed by atoms with E-state index in [9.17, 15) is 37.0 Å². The lowest BCUT2D eigenvalue weighted by molar-refractivity contribution is -0.142. The largest absolute Gasteiger partial charge is 0.468 e. The summed E-state index contributed by atoms with van der Waals surface area (Å²) in [4.78, 5) is 67.8. The maximum absolute atomic E-state index is 14.6. The van der Waals surface area contributed by atoms with Crippen molar-refractivity contribution in [1.82, 2.24) is 23.4 Å². The summed E-state index contributed by atoms with van der Waals surface area (Å²) in [5.74, 6) is -0.466. The van der Waals surface area contributed by atoms with Crippen LogP contribution in [0.4, 0.5) is 0 Å². The predicted molar refractivity (Wildman–Crippen MR) is 290 cm³/mol. The van der Waals surface area contributed by atoms with Crippen LogP contribution in [0.5, 0.6) is 5.75 Å². The van der Waals surface area contributed by atoms with Gasteiger partial charge in [0, 0.05) is 36.6 Å². The van der Waals surface area contributed by atoms with Crippen LogP contribution in [0, 0.1) is 13.8 Å². The molecule has 0 saturated carbocycles. The molecule has 3 aliphatic rings. The van der Waals surface area contributed by atoms with Gasteiger partial charge in [-0.2, -0.15) is 13.5 Å². The van der Waals surface area contributed by atoms with Gasteiger partial charge in [0.1, 0.15) is 30.1 Å². The molecular formula is C50H77N6O16PSSi2. The Morgan fingerprint density at radius 2 is 1.38 bits per heavy atom. The van der Waals surface area contributed by atoms with Gasteiger partial charge in [-0.1, -0.05) is 78.7 Å². The van der Waals surface area contributed by atoms with Gasteiger partial charge in [-0.25, -0.2) is 18.3 Å². The number of para-hydroxylation sites is 1. The molecule has 0 radical (unpaired) electrons. The van der Waals surface area contributed by atoms with E-state index >= 15 is 0 Å². The fourth-order valence-corrected chi connectivity index (χ4v) is 13.5. The van der Waals surface area contributed by atoms with Crippen molar-refractivity contribution in [2.45, 2.75) is 180 Å². The SMILES string of the molecule is COC(=O)C(C)NP(=O)(OC[C@@H]1C=C[C@H](n2cc(C)c(=O)n(CCCCCCn3c(=O)c(C)cn([C@@H]4O[C@H](CO[Si](C)(C)C(C)(C)C)[C@@]5(OS(=O)(=O)C=C5N)[C@H]4O[Si](C)(C)C(C)(C)C)c3=O)c2=O)O1)Oc1ccccc1. The normalized spacial score (nSPS) is 23.9. The topological polar surface area (TPSA) is 268 Å². The minimum atomic E-state index is -4.33. The van der Waals surface area contributed by atoms with Crippen molar-refractivity contribution in [2.24, 2.45) is 5.73 Å². The molecule has 2 unspecified atom stereocenters. The van der Waals surface area contributed by atoms with Crippen LogP contribution < -0.4 is 37.8 Å². The highest BCUT2D eigenvalue weighted by atomic mass is 32.2. The number of nitrogens with zero attached hydrogens (tertiary/aromatic N) is 4. The Balaban J connectivity index is 1.15. The third-order valence-corrected chi connectivity index (χ3v) is 26.6. The number of hydrogen-bond donors (Lipinski definition) is 2. The molecule has 0 amide bonds. The van der Waals surface area contributed by atoms with Gasteiger partial charge in [0.15, 0.2) is 34.7 Å². The zero-order valence-corrected chi connectivity index (χ0v) is 49.9. The van der Waals surface area contributed by atoms with Crippen LogP contribution >= 0.6 is 7.75 Å². The predicted octanol–water partition coefficient (Wildman–Crippen LogP) is 6.23. The number of esters is 1. The Bertz CT molecular complexity index is 3090. The monoisotopic (exact) mass is 1140 g/mol. The Morgan fingerprint density at radius 3 is 1.91 bits per heavy atom. The fourth-order valence-electron chi connectivity index (χ4n) is 8.47. The van der Waals surface area contributed by atoms with Crippen molar-refractivity contribution in [3.05, 3.63) is 119 Å². The quantitative estimate of drug-likeness (QED) is 0.0282. The fraction of sp³-hybridized carbons (Fsp3) is 0.620. The van der Waals surface area contributed by atoms with Gasteiger partial charge in [-0.15, -0.1) is 0 Å². The third-order valence-electron chi connectivity index (χ3n) is 15.0. The molecule has 8 atom stereocenters. The first-order chi connectivity index (χ1) is 35.2. The van der Waals surface area contributed by atoms with Crippen LogP contribution in [-0.2, 0) is 64.3 Å². The number of rotatable bonds is 22. The Kier molecular flexibility index (Phi) is 18.4. The number of carbonyl (C=O) groups excluding carboxylic acids is 1. The second kappa shape index (κ2) is 23.0. The maximum atomic E-state index is 14.6. The first-order valence-corrected chi connectivity index (χ1v) is 34.2. The molecule has 3 aromatic rings. The lowest BCUT2D eigenvalue weighted by Gasteiger charge is -2.43. The molecule has 26 heteroatoms. The number of ether oxygens (including phenoxy) is 3. The zero-order valence-electron chi connectivity index (χ0n) is 46.1. The molecule has 1 fully saturated rings. The molecule has 6 rings (SSSR count). The molecule has 5 heterocycles. The van der Waals surface area contributed by atoms with Gasteiger partial charge >= 0.3 is 25.1 Å². The summed E-state index contributed by atoms with van der Waals surface area (Å²) in [7, 11) is -12.6. The molecule has 0 aliphatic carbocycles. The molecule has 3 aliphatic heterocycles. The number of aryl methyl sites for hydroxylation is 2. The van der Waals surface area contributed by atoms with Crippen molar-refractivity contribution in [3.8, 4) is 5.75 Å². The van der Waals surface area contributed by atoms with Gasteiger partial charge in [-0.3, -0.25) is 37.2 Å². The lowest BCUT2D eigenvalue weighted by atomic mass is 9.89. The molecule has 0 bridgehead atoms. The van der Waals surface area contributed by atoms with Crippen LogP contribution in [0.25, 0.3) is 0 Å². The van der Waals surface area contributed by atoms with Crippen LogP contribution in [0.3, 0.4) is 0 Å². The summed E-state index contributed by atoms with van der Waals surface area (Å²) in [6.07, 6.45) is 2.38. The van der Waals surface area contributed by atoms with Crippen LogP contribution in [0.15, 0.2) is 85.2 Å². The van der Waals surface area contributed by atoms with E-state index in [1.54, 1.807) is 56.3 Å². The minimum Gasteiger partial charge on any atom is -0.468 e.